The van der Waals surface area contributed by atoms with Gasteiger partial charge in [0.15, 0.2) is 0 Å². The van der Waals surface area contributed by atoms with Crippen molar-refractivity contribution in [2.75, 3.05) is 0 Å². The molecule has 0 bridgehead atoms. The lowest BCUT2D eigenvalue weighted by atomic mass is 9.73. The van der Waals surface area contributed by atoms with Crippen LogP contribution < -0.4 is 0 Å². The Labute approximate surface area is 97.8 Å². The predicted octanol–water partition coefficient (Wildman–Crippen LogP) is 3.42. The molecule has 0 spiro atoms. The third-order valence-corrected chi connectivity index (χ3v) is 5.68. The van der Waals surface area contributed by atoms with E-state index in [2.05, 4.69) is 0 Å². The minimum absolute atomic E-state index is 0.101. The number of hydrogen-bond acceptors (Lipinski definition) is 2. The van der Waals surface area contributed by atoms with Crippen molar-refractivity contribution >= 4 is 10.2 Å². The third-order valence-electron chi connectivity index (χ3n) is 4.37. The Morgan fingerprint density at radius 2 is 1.38 bits per heavy atom. The van der Waals surface area contributed by atoms with E-state index in [0.717, 1.165) is 32.1 Å². The predicted molar refractivity (Wildman–Crippen MR) is 62.3 cm³/mol. The molecule has 94 valence electrons. The molecule has 0 aromatic rings. The van der Waals surface area contributed by atoms with Crippen LogP contribution in [0.4, 0.5) is 3.89 Å². The maximum absolute atomic E-state index is 13.3. The highest BCUT2D eigenvalue weighted by molar-refractivity contribution is 7.87. The molecule has 0 radical (unpaired) electrons. The Morgan fingerprint density at radius 3 is 2.00 bits per heavy atom. The Balaban J connectivity index is 2.09. The molecule has 2 aliphatic carbocycles. The summed E-state index contributed by atoms with van der Waals surface area (Å²) in [6.45, 7) is 0. The second-order valence-electron chi connectivity index (χ2n) is 5.36. The molecule has 0 N–H and O–H groups in total. The summed E-state index contributed by atoms with van der Waals surface area (Å²) in [6, 6.07) is 0. The molecule has 2 aliphatic rings. The van der Waals surface area contributed by atoms with Crippen molar-refractivity contribution in [3.8, 4) is 0 Å². The lowest BCUT2D eigenvalue weighted by Gasteiger charge is -2.36. The van der Waals surface area contributed by atoms with E-state index in [9.17, 15) is 12.3 Å². The van der Waals surface area contributed by atoms with Crippen LogP contribution in [0.2, 0.25) is 0 Å². The van der Waals surface area contributed by atoms with Crippen LogP contribution in [0.3, 0.4) is 0 Å². The van der Waals surface area contributed by atoms with Gasteiger partial charge in [0.2, 0.25) is 0 Å². The fourth-order valence-corrected chi connectivity index (χ4v) is 4.80. The number of rotatable bonds is 2. The number of halogens is 1. The van der Waals surface area contributed by atoms with Gasteiger partial charge in [-0.05, 0) is 24.7 Å². The second-order valence-corrected chi connectivity index (χ2v) is 6.92. The highest BCUT2D eigenvalue weighted by atomic mass is 32.3. The van der Waals surface area contributed by atoms with Crippen molar-refractivity contribution in [1.29, 1.82) is 0 Å². The van der Waals surface area contributed by atoms with Crippen LogP contribution in [0.5, 0.6) is 0 Å². The first kappa shape index (κ1) is 12.3. The molecule has 0 aromatic carbocycles. The van der Waals surface area contributed by atoms with Crippen LogP contribution in [0.15, 0.2) is 0 Å². The van der Waals surface area contributed by atoms with Crippen LogP contribution in [-0.2, 0) is 10.2 Å². The molecular formula is C12H21FO2S. The summed E-state index contributed by atoms with van der Waals surface area (Å²) in [5.74, 6) is 0.564. The van der Waals surface area contributed by atoms with Crippen molar-refractivity contribution in [1.82, 2.24) is 0 Å². The Hall–Kier alpha value is -0.120. The van der Waals surface area contributed by atoms with Gasteiger partial charge >= 0.3 is 10.2 Å². The lowest BCUT2D eigenvalue weighted by molar-refractivity contribution is 0.196. The largest absolute Gasteiger partial charge is 0.305 e. The van der Waals surface area contributed by atoms with Gasteiger partial charge in [-0.1, -0.05) is 44.9 Å². The van der Waals surface area contributed by atoms with E-state index in [1.165, 1.54) is 19.3 Å². The summed E-state index contributed by atoms with van der Waals surface area (Å²) < 4.78 is 35.6. The van der Waals surface area contributed by atoms with Crippen molar-refractivity contribution in [2.24, 2.45) is 11.8 Å². The molecular weight excluding hydrogens is 227 g/mol. The smallest absolute Gasteiger partial charge is 0.195 e. The van der Waals surface area contributed by atoms with Gasteiger partial charge in [0, 0.05) is 0 Å². The lowest BCUT2D eigenvalue weighted by Crippen LogP contribution is -2.36. The first-order valence-corrected chi connectivity index (χ1v) is 7.97. The zero-order valence-electron chi connectivity index (χ0n) is 9.70. The SMILES string of the molecule is O=S(=O)(F)C1CCCCC1C1CCCCC1. The van der Waals surface area contributed by atoms with Gasteiger partial charge in [0.25, 0.3) is 0 Å². The van der Waals surface area contributed by atoms with E-state index in [0.29, 0.717) is 12.3 Å². The molecule has 0 aromatic heterocycles. The van der Waals surface area contributed by atoms with Gasteiger partial charge in [0.1, 0.15) is 0 Å². The highest BCUT2D eigenvalue weighted by Crippen LogP contribution is 2.41. The van der Waals surface area contributed by atoms with Crippen LogP contribution >= 0.6 is 0 Å². The highest BCUT2D eigenvalue weighted by Gasteiger charge is 2.39. The van der Waals surface area contributed by atoms with E-state index in [1.807, 2.05) is 0 Å². The summed E-state index contributed by atoms with van der Waals surface area (Å²) in [7, 11) is -4.32. The summed E-state index contributed by atoms with van der Waals surface area (Å²) in [5, 5.41) is -0.690. The topological polar surface area (TPSA) is 34.1 Å². The molecule has 2 unspecified atom stereocenters. The quantitative estimate of drug-likeness (QED) is 0.702. The molecule has 2 atom stereocenters. The van der Waals surface area contributed by atoms with Crippen molar-refractivity contribution < 1.29 is 12.3 Å². The normalized spacial score (nSPS) is 33.8. The van der Waals surface area contributed by atoms with E-state index in [4.69, 9.17) is 0 Å². The maximum atomic E-state index is 13.3. The third kappa shape index (κ3) is 2.76. The zero-order chi connectivity index (χ0) is 11.6. The average molecular weight is 248 g/mol. The Morgan fingerprint density at radius 1 is 0.812 bits per heavy atom. The minimum Gasteiger partial charge on any atom is -0.195 e. The molecule has 2 nitrogen and oxygen atoms in total. The van der Waals surface area contributed by atoms with Gasteiger partial charge in [-0.25, -0.2) is 0 Å². The van der Waals surface area contributed by atoms with Crippen LogP contribution in [0, 0.1) is 11.8 Å². The monoisotopic (exact) mass is 248 g/mol. The van der Waals surface area contributed by atoms with Crippen LogP contribution in [-0.4, -0.2) is 13.7 Å². The summed E-state index contributed by atoms with van der Waals surface area (Å²) in [4.78, 5) is 0. The molecule has 0 saturated heterocycles. The first-order chi connectivity index (χ1) is 7.59. The molecule has 4 heteroatoms. The fourth-order valence-electron chi connectivity index (χ4n) is 3.58. The van der Waals surface area contributed by atoms with Gasteiger partial charge in [-0.15, -0.1) is 3.89 Å². The summed E-state index contributed by atoms with van der Waals surface area (Å²) >= 11 is 0. The molecule has 0 heterocycles. The van der Waals surface area contributed by atoms with Crippen molar-refractivity contribution in [2.45, 2.75) is 63.0 Å². The summed E-state index contributed by atoms with van der Waals surface area (Å²) in [5.41, 5.74) is 0. The second kappa shape index (κ2) is 5.03. The molecule has 16 heavy (non-hydrogen) atoms. The summed E-state index contributed by atoms with van der Waals surface area (Å²) in [6.07, 6.45) is 9.27. The van der Waals surface area contributed by atoms with Gasteiger partial charge in [-0.3, -0.25) is 0 Å². The Bertz CT molecular complexity index is 320. The molecule has 0 amide bonds. The molecule has 2 saturated carbocycles. The average Bonchev–Trinajstić information content (AvgIpc) is 2.29. The van der Waals surface area contributed by atoms with E-state index in [1.54, 1.807) is 0 Å². The van der Waals surface area contributed by atoms with Gasteiger partial charge < -0.3 is 0 Å². The van der Waals surface area contributed by atoms with Gasteiger partial charge in [-0.2, -0.15) is 8.42 Å². The zero-order valence-corrected chi connectivity index (χ0v) is 10.5. The minimum atomic E-state index is -4.32. The number of hydrogen-bond donors (Lipinski definition) is 0. The molecule has 2 fully saturated rings. The van der Waals surface area contributed by atoms with E-state index >= 15 is 0 Å². The molecule has 0 aliphatic heterocycles. The first-order valence-electron chi connectivity index (χ1n) is 6.52. The van der Waals surface area contributed by atoms with E-state index in [-0.39, 0.29) is 5.92 Å². The van der Waals surface area contributed by atoms with Crippen LogP contribution in [0.25, 0.3) is 0 Å². The fraction of sp³-hybridized carbons (Fsp3) is 1.00. The van der Waals surface area contributed by atoms with Gasteiger partial charge in [0.05, 0.1) is 5.25 Å². The maximum Gasteiger partial charge on any atom is 0.305 e. The standard InChI is InChI=1S/C12H21FO2S/c13-16(14,15)12-9-5-4-8-11(12)10-6-2-1-3-7-10/h10-12H,1-9H2. The van der Waals surface area contributed by atoms with Crippen molar-refractivity contribution in [3.05, 3.63) is 0 Å². The Kier molecular flexibility index (Phi) is 3.88. The van der Waals surface area contributed by atoms with Crippen LogP contribution in [0.1, 0.15) is 57.8 Å². The molecule has 2 rings (SSSR count). The van der Waals surface area contributed by atoms with Crippen molar-refractivity contribution in [3.63, 3.8) is 0 Å². The van der Waals surface area contributed by atoms with E-state index < -0.39 is 15.5 Å².